The highest BCUT2D eigenvalue weighted by Crippen LogP contribution is 2.23. The van der Waals surface area contributed by atoms with Crippen molar-refractivity contribution >= 4 is 21.7 Å². The molecule has 23 heavy (non-hydrogen) atoms. The fraction of sp³-hybridized carbons (Fsp3) is 0.133. The third kappa shape index (κ3) is 3.98. The summed E-state index contributed by atoms with van der Waals surface area (Å²) >= 11 is 0. The molecule has 0 saturated heterocycles. The van der Waals surface area contributed by atoms with E-state index in [2.05, 4.69) is 0 Å². The minimum atomic E-state index is -3.81. The summed E-state index contributed by atoms with van der Waals surface area (Å²) in [5.74, 6) is -1.34. The molecule has 8 heteroatoms. The van der Waals surface area contributed by atoms with Gasteiger partial charge >= 0.3 is 5.97 Å². The second kappa shape index (κ2) is 6.66. The first kappa shape index (κ1) is 16.8. The number of carboxylic acid groups (broad SMARTS) is 1. The predicted molar refractivity (Wildman–Crippen MR) is 81.6 cm³/mol. The van der Waals surface area contributed by atoms with Crippen LogP contribution in [-0.4, -0.2) is 33.1 Å². The average Bonchev–Trinajstić information content (AvgIpc) is 2.53. The summed E-state index contributed by atoms with van der Waals surface area (Å²) in [6.45, 7) is -0.512. The van der Waals surface area contributed by atoms with Crippen LogP contribution in [0.5, 0.6) is 5.75 Å². The number of benzene rings is 2. The molecule has 2 rings (SSSR count). The van der Waals surface area contributed by atoms with Crippen LogP contribution in [0.4, 0.5) is 10.1 Å². The highest BCUT2D eigenvalue weighted by atomic mass is 32.2. The molecule has 0 atom stereocenters. The lowest BCUT2D eigenvalue weighted by molar-refractivity contribution is -0.139. The van der Waals surface area contributed by atoms with E-state index in [1.165, 1.54) is 55.6 Å². The van der Waals surface area contributed by atoms with Crippen LogP contribution >= 0.6 is 0 Å². The third-order valence-corrected chi connectivity index (χ3v) is 4.83. The normalized spacial score (nSPS) is 11.0. The van der Waals surface area contributed by atoms with Gasteiger partial charge in [0.05, 0.1) is 10.6 Å². The molecule has 0 bridgehead atoms. The number of sulfonamides is 1. The number of carbonyl (C=O) groups is 1. The number of ether oxygens (including phenoxy) is 1. The van der Waals surface area contributed by atoms with E-state index in [1.54, 1.807) is 0 Å². The lowest BCUT2D eigenvalue weighted by Crippen LogP contribution is -2.26. The first-order valence-electron chi connectivity index (χ1n) is 6.50. The molecule has 0 radical (unpaired) electrons. The summed E-state index contributed by atoms with van der Waals surface area (Å²) in [5, 5.41) is 8.52. The van der Waals surface area contributed by atoms with E-state index >= 15 is 0 Å². The molecule has 0 aliphatic rings. The molecule has 2 aromatic carbocycles. The monoisotopic (exact) mass is 339 g/mol. The van der Waals surface area contributed by atoms with E-state index in [1.807, 2.05) is 0 Å². The van der Waals surface area contributed by atoms with Crippen LogP contribution in [-0.2, 0) is 14.8 Å². The molecule has 0 aromatic heterocycles. The second-order valence-electron chi connectivity index (χ2n) is 4.60. The van der Waals surface area contributed by atoms with Gasteiger partial charge in [-0.2, -0.15) is 0 Å². The number of halogens is 1. The molecule has 0 amide bonds. The number of anilines is 1. The summed E-state index contributed by atoms with van der Waals surface area (Å²) in [6.07, 6.45) is 0. The lowest BCUT2D eigenvalue weighted by Gasteiger charge is -2.19. The van der Waals surface area contributed by atoms with Gasteiger partial charge in [0.2, 0.25) is 0 Å². The number of rotatable bonds is 6. The van der Waals surface area contributed by atoms with Gasteiger partial charge in [-0.1, -0.05) is 0 Å². The highest BCUT2D eigenvalue weighted by Gasteiger charge is 2.21. The molecule has 0 aliphatic heterocycles. The Bertz CT molecular complexity index is 788. The smallest absolute Gasteiger partial charge is 0.341 e. The summed E-state index contributed by atoms with van der Waals surface area (Å²) in [4.78, 5) is 10.4. The number of aliphatic carboxylic acids is 1. The Balaban J connectivity index is 2.21. The zero-order chi connectivity index (χ0) is 17.0. The van der Waals surface area contributed by atoms with Crippen LogP contribution < -0.4 is 9.04 Å². The fourth-order valence-electron chi connectivity index (χ4n) is 1.80. The number of hydrogen-bond donors (Lipinski definition) is 1. The standard InChI is InChI=1S/C15H14FNO5S/c1-17(12-4-2-11(16)3-5-12)23(20,21)14-8-6-13(7-9-14)22-10-15(18)19/h2-9H,10H2,1H3,(H,18,19). The van der Waals surface area contributed by atoms with Crippen molar-refractivity contribution in [2.24, 2.45) is 0 Å². The van der Waals surface area contributed by atoms with Gasteiger partial charge in [-0.15, -0.1) is 0 Å². The Morgan fingerprint density at radius 1 is 1.13 bits per heavy atom. The van der Waals surface area contributed by atoms with Crippen LogP contribution in [0.15, 0.2) is 53.4 Å². The van der Waals surface area contributed by atoms with E-state index in [0.717, 1.165) is 4.31 Å². The number of nitrogens with zero attached hydrogens (tertiary/aromatic N) is 1. The Kier molecular flexibility index (Phi) is 4.85. The molecule has 0 heterocycles. The summed E-state index contributed by atoms with van der Waals surface area (Å²) < 4.78 is 43.9. The van der Waals surface area contributed by atoms with Gasteiger partial charge in [-0.25, -0.2) is 17.6 Å². The first-order chi connectivity index (χ1) is 10.8. The van der Waals surface area contributed by atoms with Crippen LogP contribution in [0.1, 0.15) is 0 Å². The largest absolute Gasteiger partial charge is 0.482 e. The van der Waals surface area contributed by atoms with Gasteiger partial charge in [-0.05, 0) is 48.5 Å². The molecule has 0 spiro atoms. The summed E-state index contributed by atoms with van der Waals surface area (Å²) in [5.41, 5.74) is 0.317. The van der Waals surface area contributed by atoms with Gasteiger partial charge in [0.1, 0.15) is 11.6 Å². The van der Waals surface area contributed by atoms with E-state index < -0.39 is 28.4 Å². The van der Waals surface area contributed by atoms with Crippen molar-refractivity contribution in [1.29, 1.82) is 0 Å². The SMILES string of the molecule is CN(c1ccc(F)cc1)S(=O)(=O)c1ccc(OCC(=O)O)cc1. The minimum absolute atomic E-state index is 0.00648. The minimum Gasteiger partial charge on any atom is -0.482 e. The molecule has 122 valence electrons. The Labute approximate surface area is 132 Å². The second-order valence-corrected chi connectivity index (χ2v) is 6.57. The van der Waals surface area contributed by atoms with Crippen molar-refractivity contribution < 1.29 is 27.4 Å². The molecule has 0 unspecified atom stereocenters. The maximum Gasteiger partial charge on any atom is 0.341 e. The Morgan fingerprint density at radius 2 is 1.70 bits per heavy atom. The van der Waals surface area contributed by atoms with Crippen molar-refractivity contribution in [3.8, 4) is 5.75 Å². The zero-order valence-corrected chi connectivity index (χ0v) is 13.0. The molecule has 2 aromatic rings. The van der Waals surface area contributed by atoms with E-state index in [4.69, 9.17) is 9.84 Å². The third-order valence-electron chi connectivity index (χ3n) is 3.03. The predicted octanol–water partition coefficient (Wildman–Crippen LogP) is 2.11. The van der Waals surface area contributed by atoms with E-state index in [-0.39, 0.29) is 10.6 Å². The van der Waals surface area contributed by atoms with Crippen LogP contribution in [0.2, 0.25) is 0 Å². The maximum absolute atomic E-state index is 12.9. The van der Waals surface area contributed by atoms with Gasteiger partial charge in [0, 0.05) is 7.05 Å². The first-order valence-corrected chi connectivity index (χ1v) is 7.94. The topological polar surface area (TPSA) is 83.9 Å². The van der Waals surface area contributed by atoms with Crippen molar-refractivity contribution in [2.45, 2.75) is 4.90 Å². The molecular formula is C15H14FNO5S. The van der Waals surface area contributed by atoms with Crippen molar-refractivity contribution in [3.63, 3.8) is 0 Å². The zero-order valence-electron chi connectivity index (χ0n) is 12.1. The summed E-state index contributed by atoms with van der Waals surface area (Å²) in [6, 6.07) is 10.4. The van der Waals surface area contributed by atoms with Crippen LogP contribution in [0, 0.1) is 5.82 Å². The molecule has 0 aliphatic carbocycles. The van der Waals surface area contributed by atoms with E-state index in [9.17, 15) is 17.6 Å². The van der Waals surface area contributed by atoms with Crippen LogP contribution in [0.3, 0.4) is 0 Å². The summed E-state index contributed by atoms with van der Waals surface area (Å²) in [7, 11) is -2.46. The molecular weight excluding hydrogens is 325 g/mol. The molecule has 0 fully saturated rings. The quantitative estimate of drug-likeness (QED) is 0.871. The molecule has 0 saturated carbocycles. The van der Waals surface area contributed by atoms with Crippen molar-refractivity contribution in [2.75, 3.05) is 18.0 Å². The van der Waals surface area contributed by atoms with E-state index in [0.29, 0.717) is 5.69 Å². The van der Waals surface area contributed by atoms with Gasteiger partial charge in [0.15, 0.2) is 6.61 Å². The Morgan fingerprint density at radius 3 is 2.22 bits per heavy atom. The van der Waals surface area contributed by atoms with Crippen molar-refractivity contribution in [3.05, 3.63) is 54.3 Å². The molecule has 6 nitrogen and oxygen atoms in total. The fourth-order valence-corrected chi connectivity index (χ4v) is 3.00. The molecule has 1 N–H and O–H groups in total. The lowest BCUT2D eigenvalue weighted by atomic mass is 10.3. The number of carboxylic acids is 1. The number of hydrogen-bond acceptors (Lipinski definition) is 4. The average molecular weight is 339 g/mol. The maximum atomic E-state index is 12.9. The van der Waals surface area contributed by atoms with Crippen LogP contribution in [0.25, 0.3) is 0 Å². The highest BCUT2D eigenvalue weighted by molar-refractivity contribution is 7.92. The van der Waals surface area contributed by atoms with Crippen molar-refractivity contribution in [1.82, 2.24) is 0 Å². The van der Waals surface area contributed by atoms with Gasteiger partial charge in [0.25, 0.3) is 10.0 Å². The Hall–Kier alpha value is -2.61. The van der Waals surface area contributed by atoms with Gasteiger partial charge in [-0.3, -0.25) is 4.31 Å². The van der Waals surface area contributed by atoms with Gasteiger partial charge < -0.3 is 9.84 Å².